The number of likely N-dealkylation sites (tertiary alicyclic amines) is 1. The molecule has 3 atom stereocenters. The number of aliphatic hydroxyl groups is 4. The van der Waals surface area contributed by atoms with Crippen LogP contribution in [0.3, 0.4) is 0 Å². The Kier molecular flexibility index (Phi) is 8.22. The lowest BCUT2D eigenvalue weighted by atomic mass is 9.67. The van der Waals surface area contributed by atoms with Gasteiger partial charge in [0.1, 0.15) is 11.2 Å². The molecule has 0 amide bonds. The first-order valence-electron chi connectivity index (χ1n) is 13.3. The summed E-state index contributed by atoms with van der Waals surface area (Å²) in [5.74, 6) is 0. The molecule has 0 radical (unpaired) electrons. The predicted molar refractivity (Wildman–Crippen MR) is 147 cm³/mol. The topological polar surface area (TPSA) is 84.2 Å². The highest BCUT2D eigenvalue weighted by Crippen LogP contribution is 2.45. The van der Waals surface area contributed by atoms with E-state index in [0.717, 1.165) is 12.0 Å². The minimum Gasteiger partial charge on any atom is -0.389 e. The van der Waals surface area contributed by atoms with Crippen molar-refractivity contribution in [1.82, 2.24) is 4.90 Å². The molecule has 1 aliphatic rings. The van der Waals surface area contributed by atoms with Gasteiger partial charge in [0.15, 0.2) is 0 Å². The second-order valence-corrected chi connectivity index (χ2v) is 11.5. The van der Waals surface area contributed by atoms with Gasteiger partial charge in [-0.3, -0.25) is 0 Å². The summed E-state index contributed by atoms with van der Waals surface area (Å²) in [4.78, 5) is 2.10. The molecule has 3 aromatic carbocycles. The Labute approximate surface area is 221 Å². The Balaban J connectivity index is 1.40. The van der Waals surface area contributed by atoms with E-state index in [1.807, 2.05) is 48.5 Å². The minimum atomic E-state index is -1.75. The third-order valence-corrected chi connectivity index (χ3v) is 7.91. The van der Waals surface area contributed by atoms with Crippen molar-refractivity contribution < 1.29 is 20.4 Å². The van der Waals surface area contributed by atoms with E-state index in [1.54, 1.807) is 24.3 Å². The van der Waals surface area contributed by atoms with Gasteiger partial charge in [0.25, 0.3) is 0 Å². The highest BCUT2D eigenvalue weighted by atomic mass is 16.4. The molecule has 0 aromatic heterocycles. The van der Waals surface area contributed by atoms with Crippen LogP contribution in [0.5, 0.6) is 0 Å². The van der Waals surface area contributed by atoms with Crippen LogP contribution in [-0.4, -0.2) is 56.7 Å². The van der Waals surface area contributed by atoms with Crippen molar-refractivity contribution in [1.29, 1.82) is 0 Å². The molecule has 198 valence electrons. The monoisotopic (exact) mass is 503 g/mol. The van der Waals surface area contributed by atoms with Crippen LogP contribution in [0.4, 0.5) is 0 Å². The molecule has 4 rings (SSSR count). The molecule has 1 saturated heterocycles. The Morgan fingerprint density at radius 3 is 1.89 bits per heavy atom. The van der Waals surface area contributed by atoms with Gasteiger partial charge in [-0.05, 0) is 53.5 Å². The molecule has 1 fully saturated rings. The normalized spacial score (nSPS) is 22.1. The van der Waals surface area contributed by atoms with E-state index in [-0.39, 0.29) is 18.4 Å². The average Bonchev–Trinajstić information content (AvgIpc) is 2.90. The fourth-order valence-corrected chi connectivity index (χ4v) is 5.51. The van der Waals surface area contributed by atoms with Crippen LogP contribution < -0.4 is 0 Å². The molecule has 0 saturated carbocycles. The minimum absolute atomic E-state index is 0.0771. The van der Waals surface area contributed by atoms with Gasteiger partial charge < -0.3 is 25.3 Å². The lowest BCUT2D eigenvalue weighted by Crippen LogP contribution is -2.66. The van der Waals surface area contributed by atoms with Gasteiger partial charge in [0, 0.05) is 13.1 Å². The van der Waals surface area contributed by atoms with Crippen LogP contribution in [-0.2, 0) is 11.0 Å². The maximum atomic E-state index is 12.1. The van der Waals surface area contributed by atoms with Gasteiger partial charge >= 0.3 is 0 Å². The zero-order chi connectivity index (χ0) is 26.7. The third-order valence-electron chi connectivity index (χ3n) is 7.91. The molecule has 37 heavy (non-hydrogen) atoms. The van der Waals surface area contributed by atoms with Crippen molar-refractivity contribution in [2.24, 2.45) is 0 Å². The van der Waals surface area contributed by atoms with Gasteiger partial charge in [0.2, 0.25) is 0 Å². The Hall–Kier alpha value is -2.54. The largest absolute Gasteiger partial charge is 0.389 e. The molecule has 4 N–H and O–H groups in total. The van der Waals surface area contributed by atoms with E-state index in [1.165, 1.54) is 5.56 Å². The van der Waals surface area contributed by atoms with Gasteiger partial charge in [-0.25, -0.2) is 0 Å². The summed E-state index contributed by atoms with van der Waals surface area (Å²) >= 11 is 0. The molecule has 0 spiro atoms. The van der Waals surface area contributed by atoms with Crippen LogP contribution in [0.2, 0.25) is 0 Å². The van der Waals surface area contributed by atoms with E-state index >= 15 is 0 Å². The summed E-state index contributed by atoms with van der Waals surface area (Å²) in [5, 5.41) is 45.9. The van der Waals surface area contributed by atoms with E-state index in [4.69, 9.17) is 0 Å². The van der Waals surface area contributed by atoms with Gasteiger partial charge in [-0.1, -0.05) is 106 Å². The summed E-state index contributed by atoms with van der Waals surface area (Å²) in [6, 6.07) is 26.4. The van der Waals surface area contributed by atoms with Crippen LogP contribution in [0.15, 0.2) is 84.9 Å². The summed E-state index contributed by atoms with van der Waals surface area (Å²) in [7, 11) is 0. The van der Waals surface area contributed by atoms with E-state index in [2.05, 4.69) is 37.8 Å². The highest BCUT2D eigenvalue weighted by molar-refractivity contribution is 5.41. The van der Waals surface area contributed by atoms with E-state index in [0.29, 0.717) is 30.6 Å². The maximum Gasteiger partial charge on any atom is 0.146 e. The van der Waals surface area contributed by atoms with Crippen molar-refractivity contribution in [3.8, 4) is 0 Å². The van der Waals surface area contributed by atoms with E-state index in [9.17, 15) is 20.4 Å². The average molecular weight is 504 g/mol. The number of hydrogen-bond acceptors (Lipinski definition) is 5. The summed E-state index contributed by atoms with van der Waals surface area (Å²) in [5.41, 5.74) is -0.167. The molecular formula is C32H41NO4. The Morgan fingerprint density at radius 1 is 0.865 bits per heavy atom. The first kappa shape index (κ1) is 27.5. The second kappa shape index (κ2) is 11.1. The third kappa shape index (κ3) is 5.66. The van der Waals surface area contributed by atoms with E-state index < -0.39 is 23.4 Å². The quantitative estimate of drug-likeness (QED) is 0.363. The van der Waals surface area contributed by atoms with Crippen molar-refractivity contribution >= 4 is 0 Å². The number of β-amino-alcohol motifs (C(OH)–C–C–N with tert-alkyl or cyclic N) is 1. The SMILES string of the molecule is CC(C)(C)c1ccc(C(O)CCCN2CCC(O)(C(O)(c3ccccc3)c3ccccc3)C(O)C2)cc1. The molecule has 5 nitrogen and oxygen atoms in total. The zero-order valence-electron chi connectivity index (χ0n) is 22.2. The molecule has 0 bridgehead atoms. The summed E-state index contributed by atoms with van der Waals surface area (Å²) in [6.45, 7) is 7.99. The number of rotatable bonds is 8. The molecule has 0 aliphatic carbocycles. The molecule has 1 heterocycles. The van der Waals surface area contributed by atoms with Gasteiger partial charge in [-0.2, -0.15) is 0 Å². The molecule has 3 unspecified atom stereocenters. The van der Waals surface area contributed by atoms with Crippen molar-refractivity contribution in [2.75, 3.05) is 19.6 Å². The van der Waals surface area contributed by atoms with Crippen molar-refractivity contribution in [3.05, 3.63) is 107 Å². The summed E-state index contributed by atoms with van der Waals surface area (Å²) < 4.78 is 0. The lowest BCUT2D eigenvalue weighted by Gasteiger charge is -2.51. The lowest BCUT2D eigenvalue weighted by molar-refractivity contribution is -0.213. The fourth-order valence-electron chi connectivity index (χ4n) is 5.51. The van der Waals surface area contributed by atoms with Crippen LogP contribution in [0.25, 0.3) is 0 Å². The molecule has 3 aromatic rings. The maximum absolute atomic E-state index is 12.1. The first-order valence-corrected chi connectivity index (χ1v) is 13.3. The second-order valence-electron chi connectivity index (χ2n) is 11.5. The number of hydrogen-bond donors (Lipinski definition) is 4. The number of piperidine rings is 1. The van der Waals surface area contributed by atoms with Gasteiger partial charge in [-0.15, -0.1) is 0 Å². The Morgan fingerprint density at radius 2 is 1.41 bits per heavy atom. The Bertz CT molecular complexity index is 1090. The van der Waals surface area contributed by atoms with Crippen molar-refractivity contribution in [3.63, 3.8) is 0 Å². The molecule has 1 aliphatic heterocycles. The standard InChI is InChI=1S/C32H41NO4/c1-30(2,3)25-18-16-24(17-19-25)28(34)15-10-21-33-22-20-31(36,29(35)23-33)32(37,26-11-6-4-7-12-26)27-13-8-5-9-14-27/h4-9,11-14,16-19,28-29,34-37H,10,15,20-23H2,1-3H3. The predicted octanol–water partition coefficient (Wildman–Crippen LogP) is 4.53. The molecular weight excluding hydrogens is 462 g/mol. The number of aliphatic hydroxyl groups excluding tert-OH is 2. The van der Waals surface area contributed by atoms with Gasteiger partial charge in [0.05, 0.1) is 12.2 Å². The van der Waals surface area contributed by atoms with Crippen LogP contribution >= 0.6 is 0 Å². The molecule has 5 heteroatoms. The zero-order valence-corrected chi connectivity index (χ0v) is 22.2. The number of nitrogens with zero attached hydrogens (tertiary/aromatic N) is 1. The highest BCUT2D eigenvalue weighted by Gasteiger charge is 2.57. The van der Waals surface area contributed by atoms with Crippen molar-refractivity contribution in [2.45, 2.75) is 68.9 Å². The first-order chi connectivity index (χ1) is 17.6. The van der Waals surface area contributed by atoms with Crippen LogP contribution in [0, 0.1) is 0 Å². The fraction of sp³-hybridized carbons (Fsp3) is 0.438. The number of benzene rings is 3. The summed E-state index contributed by atoms with van der Waals surface area (Å²) in [6.07, 6.45) is -0.104. The van der Waals surface area contributed by atoms with Crippen LogP contribution in [0.1, 0.15) is 68.4 Å². The smallest absolute Gasteiger partial charge is 0.146 e.